The van der Waals surface area contributed by atoms with E-state index in [-0.39, 0.29) is 30.6 Å². The summed E-state index contributed by atoms with van der Waals surface area (Å²) in [6.07, 6.45) is 6.84. The zero-order valence-corrected chi connectivity index (χ0v) is 11.6. The van der Waals surface area contributed by atoms with E-state index in [0.717, 1.165) is 32.1 Å². The van der Waals surface area contributed by atoms with Gasteiger partial charge in [0.1, 0.15) is 12.7 Å². The van der Waals surface area contributed by atoms with Gasteiger partial charge >= 0.3 is 5.97 Å². The Bertz CT molecular complexity index is 325. The fourth-order valence-corrected chi connectivity index (χ4v) is 2.70. The highest BCUT2D eigenvalue weighted by molar-refractivity contribution is 5.77. The van der Waals surface area contributed by atoms with Crippen LogP contribution in [-0.4, -0.2) is 35.7 Å². The summed E-state index contributed by atoms with van der Waals surface area (Å²) in [5, 5.41) is 1.54. The summed E-state index contributed by atoms with van der Waals surface area (Å²) < 4.78 is 5.11. The number of amides is 1. The Balaban J connectivity index is 1.76. The molecule has 0 radical (unpaired) electrons. The van der Waals surface area contributed by atoms with Crippen molar-refractivity contribution < 1.29 is 19.2 Å². The molecule has 108 valence electrons. The Kier molecular flexibility index (Phi) is 5.19. The van der Waals surface area contributed by atoms with E-state index in [0.29, 0.717) is 12.8 Å². The van der Waals surface area contributed by atoms with Crippen molar-refractivity contribution in [2.75, 3.05) is 6.61 Å². The summed E-state index contributed by atoms with van der Waals surface area (Å²) >= 11 is 0. The molecule has 5 nitrogen and oxygen atoms in total. The highest BCUT2D eigenvalue weighted by Crippen LogP contribution is 2.27. The molecule has 0 aromatic carbocycles. The van der Waals surface area contributed by atoms with Crippen molar-refractivity contribution in [3.8, 4) is 0 Å². The van der Waals surface area contributed by atoms with Gasteiger partial charge in [-0.3, -0.25) is 14.4 Å². The van der Waals surface area contributed by atoms with Crippen LogP contribution in [0.2, 0.25) is 0 Å². The lowest BCUT2D eigenvalue weighted by atomic mass is 9.95. The summed E-state index contributed by atoms with van der Waals surface area (Å²) in [6.45, 7) is 2.12. The first-order valence-electron chi connectivity index (χ1n) is 7.35. The Morgan fingerprint density at radius 2 is 2.11 bits per heavy atom. The molecule has 1 amide bonds. The first-order valence-corrected chi connectivity index (χ1v) is 7.35. The number of nitrogens with zero attached hydrogens (tertiary/aromatic N) is 1. The third-order valence-corrected chi connectivity index (χ3v) is 3.70. The van der Waals surface area contributed by atoms with Gasteiger partial charge in [0.15, 0.2) is 0 Å². The largest absolute Gasteiger partial charge is 0.463 e. The van der Waals surface area contributed by atoms with E-state index in [4.69, 9.17) is 9.57 Å². The van der Waals surface area contributed by atoms with E-state index in [1.165, 1.54) is 11.5 Å². The fourth-order valence-electron chi connectivity index (χ4n) is 2.70. The summed E-state index contributed by atoms with van der Waals surface area (Å²) in [6, 6.07) is 0.220. The third kappa shape index (κ3) is 3.93. The molecule has 2 rings (SSSR count). The molecule has 1 aliphatic carbocycles. The number of carbonyl (C=O) groups excluding carboxylic acids is 2. The van der Waals surface area contributed by atoms with Crippen LogP contribution in [0.4, 0.5) is 0 Å². The van der Waals surface area contributed by atoms with Crippen LogP contribution >= 0.6 is 0 Å². The quantitative estimate of drug-likeness (QED) is 0.718. The predicted molar refractivity (Wildman–Crippen MR) is 69.1 cm³/mol. The Morgan fingerprint density at radius 1 is 1.37 bits per heavy atom. The van der Waals surface area contributed by atoms with Gasteiger partial charge < -0.3 is 4.74 Å². The van der Waals surface area contributed by atoms with E-state index >= 15 is 0 Å². The van der Waals surface area contributed by atoms with Crippen LogP contribution in [0.3, 0.4) is 0 Å². The van der Waals surface area contributed by atoms with Gasteiger partial charge in [-0.2, -0.15) is 0 Å². The van der Waals surface area contributed by atoms with Crippen LogP contribution in [0.15, 0.2) is 0 Å². The highest BCUT2D eigenvalue weighted by Gasteiger charge is 2.36. The predicted octanol–water partition coefficient (Wildman–Crippen LogP) is 2.19. The van der Waals surface area contributed by atoms with E-state index in [1.54, 1.807) is 0 Å². The number of hydrogen-bond acceptors (Lipinski definition) is 4. The molecule has 0 aromatic rings. The molecular formula is C14H23NO4. The lowest BCUT2D eigenvalue weighted by Crippen LogP contribution is -2.37. The van der Waals surface area contributed by atoms with Gasteiger partial charge in [0, 0.05) is 6.42 Å². The van der Waals surface area contributed by atoms with Crippen LogP contribution in [-0.2, 0) is 19.2 Å². The van der Waals surface area contributed by atoms with Crippen LogP contribution in [0, 0.1) is 0 Å². The molecule has 0 aromatic heterocycles. The summed E-state index contributed by atoms with van der Waals surface area (Å²) in [7, 11) is 0. The minimum atomic E-state index is -0.296. The second-order valence-electron chi connectivity index (χ2n) is 5.38. The maximum Gasteiger partial charge on any atom is 0.305 e. The lowest BCUT2D eigenvalue weighted by Gasteiger charge is -2.29. The monoisotopic (exact) mass is 269 g/mol. The summed E-state index contributed by atoms with van der Waals surface area (Å²) in [4.78, 5) is 28.9. The van der Waals surface area contributed by atoms with E-state index < -0.39 is 0 Å². The van der Waals surface area contributed by atoms with Crippen LogP contribution < -0.4 is 0 Å². The van der Waals surface area contributed by atoms with Gasteiger partial charge in [0.05, 0.1) is 12.5 Å². The second kappa shape index (κ2) is 6.89. The average molecular weight is 269 g/mol. The molecule has 1 unspecified atom stereocenters. The van der Waals surface area contributed by atoms with Crippen molar-refractivity contribution >= 4 is 11.9 Å². The molecule has 1 heterocycles. The molecule has 1 saturated heterocycles. The van der Waals surface area contributed by atoms with Crippen molar-refractivity contribution in [1.29, 1.82) is 0 Å². The molecule has 0 bridgehead atoms. The maximum absolute atomic E-state index is 11.9. The first kappa shape index (κ1) is 14.3. The Morgan fingerprint density at radius 3 is 2.79 bits per heavy atom. The summed E-state index contributed by atoms with van der Waals surface area (Å²) in [5.41, 5.74) is 0. The molecule has 1 aliphatic heterocycles. The van der Waals surface area contributed by atoms with Gasteiger partial charge in [-0.1, -0.05) is 26.2 Å². The van der Waals surface area contributed by atoms with Gasteiger partial charge in [0.25, 0.3) is 0 Å². The van der Waals surface area contributed by atoms with E-state index in [2.05, 4.69) is 0 Å². The molecular weight excluding hydrogens is 246 g/mol. The fraction of sp³-hybridized carbons (Fsp3) is 0.857. The molecule has 5 heteroatoms. The molecule has 1 saturated carbocycles. The molecule has 0 spiro atoms. The molecule has 1 atom stereocenters. The normalized spacial score (nSPS) is 24.8. The molecule has 0 N–H and O–H groups in total. The number of hydrogen-bond donors (Lipinski definition) is 0. The van der Waals surface area contributed by atoms with Crippen molar-refractivity contribution in [3.63, 3.8) is 0 Å². The molecule has 2 aliphatic rings. The van der Waals surface area contributed by atoms with Crippen LogP contribution in [0.1, 0.15) is 58.3 Å². The van der Waals surface area contributed by atoms with Gasteiger partial charge in [-0.05, 0) is 19.3 Å². The van der Waals surface area contributed by atoms with Crippen molar-refractivity contribution in [2.45, 2.75) is 70.4 Å². The molecule has 2 fully saturated rings. The van der Waals surface area contributed by atoms with E-state index in [9.17, 15) is 9.59 Å². The first-order chi connectivity index (χ1) is 9.20. The minimum Gasteiger partial charge on any atom is -0.463 e. The lowest BCUT2D eigenvalue weighted by molar-refractivity contribution is -0.198. The van der Waals surface area contributed by atoms with Gasteiger partial charge in [-0.25, -0.2) is 5.06 Å². The smallest absolute Gasteiger partial charge is 0.305 e. The molecule has 19 heavy (non-hydrogen) atoms. The average Bonchev–Trinajstić information content (AvgIpc) is 2.79. The van der Waals surface area contributed by atoms with Crippen LogP contribution in [0.25, 0.3) is 0 Å². The Labute approximate surface area is 114 Å². The zero-order chi connectivity index (χ0) is 13.7. The SMILES string of the molecule is CCCC(=O)OCC1CC(=O)N(C2CCCCC2)O1. The highest BCUT2D eigenvalue weighted by atomic mass is 16.7. The number of ether oxygens (including phenoxy) is 1. The van der Waals surface area contributed by atoms with E-state index in [1.807, 2.05) is 6.92 Å². The standard InChI is InChI=1S/C14H23NO4/c1-2-6-14(17)18-10-12-9-13(16)15(19-12)11-7-4-3-5-8-11/h11-12H,2-10H2,1H3. The number of carbonyl (C=O) groups is 2. The topological polar surface area (TPSA) is 55.8 Å². The van der Waals surface area contributed by atoms with Crippen LogP contribution in [0.5, 0.6) is 0 Å². The second-order valence-corrected chi connectivity index (χ2v) is 5.38. The van der Waals surface area contributed by atoms with Crippen molar-refractivity contribution in [1.82, 2.24) is 5.06 Å². The van der Waals surface area contributed by atoms with Crippen molar-refractivity contribution in [3.05, 3.63) is 0 Å². The van der Waals surface area contributed by atoms with Gasteiger partial charge in [0.2, 0.25) is 5.91 Å². The van der Waals surface area contributed by atoms with Gasteiger partial charge in [-0.15, -0.1) is 0 Å². The Hall–Kier alpha value is -1.10. The number of esters is 1. The van der Waals surface area contributed by atoms with Crippen molar-refractivity contribution in [2.24, 2.45) is 0 Å². The number of rotatable bonds is 5. The zero-order valence-electron chi connectivity index (χ0n) is 11.6. The number of hydroxylamine groups is 2. The third-order valence-electron chi connectivity index (χ3n) is 3.70. The summed E-state index contributed by atoms with van der Waals surface area (Å²) in [5.74, 6) is -0.182. The maximum atomic E-state index is 11.9. The minimum absolute atomic E-state index is 0.0310.